The predicted octanol–water partition coefficient (Wildman–Crippen LogP) is 3.06. The summed E-state index contributed by atoms with van der Waals surface area (Å²) in [6.45, 7) is 5.30. The molecule has 2 rings (SSSR count). The Balaban J connectivity index is 1.82. The minimum Gasteiger partial charge on any atom is -0.334 e. The molecule has 0 aliphatic heterocycles. The van der Waals surface area contributed by atoms with E-state index < -0.39 is 0 Å². The molecular weight excluding hydrogens is 242 g/mol. The Hall–Kier alpha value is -0.480. The number of aromatic nitrogens is 2. The molecule has 1 heterocycles. The first-order valence-electron chi connectivity index (χ1n) is 7.05. The number of aryl methyl sites for hydroxylation is 1. The van der Waals surface area contributed by atoms with Gasteiger partial charge in [-0.2, -0.15) is 11.8 Å². The third-order valence-corrected chi connectivity index (χ3v) is 5.36. The predicted molar refractivity (Wildman–Crippen MR) is 78.9 cm³/mol. The van der Waals surface area contributed by atoms with Crippen LogP contribution in [0.1, 0.15) is 44.9 Å². The van der Waals surface area contributed by atoms with Gasteiger partial charge in [-0.3, -0.25) is 0 Å². The molecule has 4 heteroatoms. The standard InChI is InChI=1S/C14H25N3S/c1-3-9-17-10-8-16-13(17)11-15-12-14(18-2)6-4-5-7-14/h8,10,15H,3-7,9,11-12H2,1-2H3. The van der Waals surface area contributed by atoms with Gasteiger partial charge in [0.15, 0.2) is 0 Å². The monoisotopic (exact) mass is 267 g/mol. The van der Waals surface area contributed by atoms with E-state index in [1.54, 1.807) is 0 Å². The lowest BCUT2D eigenvalue weighted by atomic mass is 10.1. The molecular formula is C14H25N3S. The van der Waals surface area contributed by atoms with Crippen LogP contribution in [0, 0.1) is 0 Å². The quantitative estimate of drug-likeness (QED) is 0.823. The van der Waals surface area contributed by atoms with E-state index >= 15 is 0 Å². The Morgan fingerprint density at radius 3 is 2.89 bits per heavy atom. The number of hydrogen-bond acceptors (Lipinski definition) is 3. The van der Waals surface area contributed by atoms with E-state index in [1.807, 2.05) is 18.0 Å². The van der Waals surface area contributed by atoms with E-state index in [0.29, 0.717) is 4.75 Å². The summed E-state index contributed by atoms with van der Waals surface area (Å²) in [6, 6.07) is 0. The summed E-state index contributed by atoms with van der Waals surface area (Å²) in [7, 11) is 0. The molecule has 1 aromatic rings. The van der Waals surface area contributed by atoms with Crippen molar-refractivity contribution in [2.75, 3.05) is 12.8 Å². The lowest BCUT2D eigenvalue weighted by Gasteiger charge is -2.27. The third-order valence-electron chi connectivity index (χ3n) is 3.94. The molecule has 0 spiro atoms. The van der Waals surface area contributed by atoms with E-state index in [0.717, 1.165) is 26.1 Å². The van der Waals surface area contributed by atoms with Crippen LogP contribution in [0.3, 0.4) is 0 Å². The Bertz CT molecular complexity index is 356. The van der Waals surface area contributed by atoms with Crippen molar-refractivity contribution in [3.8, 4) is 0 Å². The van der Waals surface area contributed by atoms with Crippen molar-refractivity contribution >= 4 is 11.8 Å². The normalized spacial score (nSPS) is 18.3. The summed E-state index contributed by atoms with van der Waals surface area (Å²) in [4.78, 5) is 4.44. The van der Waals surface area contributed by atoms with Gasteiger partial charge >= 0.3 is 0 Å². The van der Waals surface area contributed by atoms with Crippen LogP contribution in [0.15, 0.2) is 12.4 Å². The van der Waals surface area contributed by atoms with Gasteiger partial charge in [0, 0.05) is 30.2 Å². The van der Waals surface area contributed by atoms with E-state index in [2.05, 4.69) is 34.2 Å². The van der Waals surface area contributed by atoms with E-state index in [1.165, 1.54) is 31.5 Å². The van der Waals surface area contributed by atoms with E-state index in [-0.39, 0.29) is 0 Å². The number of rotatable bonds is 7. The summed E-state index contributed by atoms with van der Waals surface area (Å²) < 4.78 is 2.75. The topological polar surface area (TPSA) is 29.9 Å². The smallest absolute Gasteiger partial charge is 0.122 e. The van der Waals surface area contributed by atoms with Gasteiger partial charge in [0.25, 0.3) is 0 Å². The molecule has 1 saturated carbocycles. The van der Waals surface area contributed by atoms with Crippen LogP contribution in [0.5, 0.6) is 0 Å². The second kappa shape index (κ2) is 6.62. The van der Waals surface area contributed by atoms with Crippen LogP contribution in [0.4, 0.5) is 0 Å². The van der Waals surface area contributed by atoms with Crippen molar-refractivity contribution in [2.45, 2.75) is 56.9 Å². The zero-order valence-electron chi connectivity index (χ0n) is 11.6. The highest BCUT2D eigenvalue weighted by molar-refractivity contribution is 8.00. The maximum absolute atomic E-state index is 4.44. The maximum Gasteiger partial charge on any atom is 0.122 e. The molecule has 0 amide bonds. The van der Waals surface area contributed by atoms with Crippen LogP contribution in [0.25, 0.3) is 0 Å². The summed E-state index contributed by atoms with van der Waals surface area (Å²) >= 11 is 2.04. The van der Waals surface area contributed by atoms with E-state index in [4.69, 9.17) is 0 Å². The number of imidazole rings is 1. The maximum atomic E-state index is 4.44. The Labute approximate surface area is 115 Å². The average molecular weight is 267 g/mol. The number of nitrogens with zero attached hydrogens (tertiary/aromatic N) is 2. The first-order valence-corrected chi connectivity index (χ1v) is 8.28. The fourth-order valence-electron chi connectivity index (χ4n) is 2.83. The molecule has 18 heavy (non-hydrogen) atoms. The Morgan fingerprint density at radius 2 is 2.22 bits per heavy atom. The van der Waals surface area contributed by atoms with Crippen LogP contribution >= 0.6 is 11.8 Å². The molecule has 1 aromatic heterocycles. The van der Waals surface area contributed by atoms with Gasteiger partial charge in [-0.15, -0.1) is 0 Å². The summed E-state index contributed by atoms with van der Waals surface area (Å²) in [5.41, 5.74) is 0. The van der Waals surface area contributed by atoms with Gasteiger partial charge in [0.05, 0.1) is 6.54 Å². The van der Waals surface area contributed by atoms with Gasteiger partial charge in [-0.1, -0.05) is 19.8 Å². The van der Waals surface area contributed by atoms with E-state index in [9.17, 15) is 0 Å². The largest absolute Gasteiger partial charge is 0.334 e. The Kier molecular flexibility index (Phi) is 5.13. The fourth-order valence-corrected chi connectivity index (χ4v) is 3.77. The highest BCUT2D eigenvalue weighted by atomic mass is 32.2. The molecule has 0 unspecified atom stereocenters. The zero-order chi connectivity index (χ0) is 12.8. The molecule has 0 aromatic carbocycles. The van der Waals surface area contributed by atoms with Gasteiger partial charge in [0.1, 0.15) is 5.82 Å². The van der Waals surface area contributed by atoms with Crippen molar-refractivity contribution in [3.05, 3.63) is 18.2 Å². The molecule has 1 N–H and O–H groups in total. The number of hydrogen-bond donors (Lipinski definition) is 1. The molecule has 0 atom stereocenters. The summed E-state index contributed by atoms with van der Waals surface area (Å²) in [6.07, 6.45) is 12.9. The second-order valence-electron chi connectivity index (χ2n) is 5.23. The van der Waals surface area contributed by atoms with Crippen molar-refractivity contribution in [1.82, 2.24) is 14.9 Å². The third kappa shape index (κ3) is 3.29. The molecule has 0 bridgehead atoms. The molecule has 102 valence electrons. The van der Waals surface area contributed by atoms with Crippen LogP contribution in [-0.2, 0) is 13.1 Å². The van der Waals surface area contributed by atoms with Crippen molar-refractivity contribution in [3.63, 3.8) is 0 Å². The highest BCUT2D eigenvalue weighted by Crippen LogP contribution is 2.39. The summed E-state index contributed by atoms with van der Waals surface area (Å²) in [5.74, 6) is 1.17. The Morgan fingerprint density at radius 1 is 1.44 bits per heavy atom. The SMILES string of the molecule is CCCn1ccnc1CNCC1(SC)CCCC1. The lowest BCUT2D eigenvalue weighted by molar-refractivity contribution is 0.513. The molecule has 1 aliphatic rings. The summed E-state index contributed by atoms with van der Waals surface area (Å²) in [5, 5.41) is 3.62. The van der Waals surface area contributed by atoms with Crippen LogP contribution in [-0.4, -0.2) is 27.1 Å². The van der Waals surface area contributed by atoms with Gasteiger partial charge in [-0.25, -0.2) is 4.98 Å². The molecule has 1 fully saturated rings. The minimum absolute atomic E-state index is 0.488. The first-order chi connectivity index (χ1) is 8.79. The van der Waals surface area contributed by atoms with Gasteiger partial charge < -0.3 is 9.88 Å². The fraction of sp³-hybridized carbons (Fsp3) is 0.786. The first kappa shape index (κ1) is 13.9. The number of nitrogens with one attached hydrogen (secondary N) is 1. The molecule has 1 aliphatic carbocycles. The second-order valence-corrected chi connectivity index (χ2v) is 6.51. The van der Waals surface area contributed by atoms with Crippen molar-refractivity contribution in [1.29, 1.82) is 0 Å². The number of thioether (sulfide) groups is 1. The van der Waals surface area contributed by atoms with Crippen LogP contribution in [0.2, 0.25) is 0 Å². The van der Waals surface area contributed by atoms with Crippen molar-refractivity contribution in [2.24, 2.45) is 0 Å². The van der Waals surface area contributed by atoms with Gasteiger partial charge in [0.2, 0.25) is 0 Å². The minimum atomic E-state index is 0.488. The molecule has 0 radical (unpaired) electrons. The molecule has 0 saturated heterocycles. The van der Waals surface area contributed by atoms with Gasteiger partial charge in [-0.05, 0) is 25.5 Å². The molecule has 3 nitrogen and oxygen atoms in total. The highest BCUT2D eigenvalue weighted by Gasteiger charge is 2.32. The average Bonchev–Trinajstić information content (AvgIpc) is 3.01. The van der Waals surface area contributed by atoms with Crippen LogP contribution < -0.4 is 5.32 Å². The zero-order valence-corrected chi connectivity index (χ0v) is 12.4. The van der Waals surface area contributed by atoms with Crippen molar-refractivity contribution < 1.29 is 0 Å². The lowest BCUT2D eigenvalue weighted by Crippen LogP contribution is -2.35.